The summed E-state index contributed by atoms with van der Waals surface area (Å²) in [7, 11) is 0. The van der Waals surface area contributed by atoms with Gasteiger partial charge in [0, 0.05) is 24.3 Å². The van der Waals surface area contributed by atoms with Crippen molar-refractivity contribution in [2.45, 2.75) is 37.6 Å². The lowest BCUT2D eigenvalue weighted by molar-refractivity contribution is -0.0361. The number of carboxylic acids is 1. The molecule has 22 heavy (non-hydrogen) atoms. The third-order valence-electron chi connectivity index (χ3n) is 3.95. The third kappa shape index (κ3) is 2.84. The van der Waals surface area contributed by atoms with E-state index in [1.54, 1.807) is 12.1 Å². The summed E-state index contributed by atoms with van der Waals surface area (Å²) in [6, 6.07) is 4.73. The Hall–Kier alpha value is -2.31. The predicted octanol–water partition coefficient (Wildman–Crippen LogP) is 3.32. The summed E-state index contributed by atoms with van der Waals surface area (Å²) >= 11 is 0. The molecule has 3 rings (SSSR count). The number of rotatable bonds is 3. The lowest BCUT2D eigenvalue weighted by atomic mass is 9.92. The first-order chi connectivity index (χ1) is 10.5. The highest BCUT2D eigenvalue weighted by molar-refractivity contribution is 6.04. The number of aromatic nitrogens is 2. The van der Waals surface area contributed by atoms with Crippen molar-refractivity contribution in [1.29, 1.82) is 0 Å². The van der Waals surface area contributed by atoms with Gasteiger partial charge >= 0.3 is 5.97 Å². The summed E-state index contributed by atoms with van der Waals surface area (Å²) in [6.07, 6.45) is 1.71. The second-order valence-corrected chi connectivity index (χ2v) is 5.50. The first-order valence-corrected chi connectivity index (χ1v) is 7.08. The maximum absolute atomic E-state index is 13.2. The van der Waals surface area contributed by atoms with Gasteiger partial charge in [-0.2, -0.15) is 0 Å². The number of halogens is 2. The Morgan fingerprint density at radius 3 is 2.68 bits per heavy atom. The summed E-state index contributed by atoms with van der Waals surface area (Å²) in [5, 5.41) is 12.9. The van der Waals surface area contributed by atoms with Crippen LogP contribution in [0.3, 0.4) is 0 Å². The number of anilines is 1. The van der Waals surface area contributed by atoms with Crippen LogP contribution in [0.25, 0.3) is 10.9 Å². The number of benzene rings is 1. The molecule has 0 amide bonds. The molecule has 2 N–H and O–H groups in total. The Balaban J connectivity index is 1.89. The number of hydrogen-bond donors (Lipinski definition) is 2. The van der Waals surface area contributed by atoms with Gasteiger partial charge in [-0.3, -0.25) is 0 Å². The van der Waals surface area contributed by atoms with E-state index >= 15 is 0 Å². The van der Waals surface area contributed by atoms with Crippen molar-refractivity contribution in [1.82, 2.24) is 9.97 Å². The van der Waals surface area contributed by atoms with E-state index in [1.165, 1.54) is 12.4 Å². The van der Waals surface area contributed by atoms with E-state index in [0.717, 1.165) is 0 Å². The molecule has 0 radical (unpaired) electrons. The molecule has 1 fully saturated rings. The summed E-state index contributed by atoms with van der Waals surface area (Å²) < 4.78 is 26.4. The van der Waals surface area contributed by atoms with E-state index in [1.807, 2.05) is 0 Å². The predicted molar refractivity (Wildman–Crippen MR) is 77.3 cm³/mol. The van der Waals surface area contributed by atoms with Crippen LogP contribution in [0, 0.1) is 0 Å². The zero-order valence-corrected chi connectivity index (χ0v) is 11.7. The van der Waals surface area contributed by atoms with Crippen LogP contribution in [0.15, 0.2) is 24.5 Å². The molecular weight excluding hydrogens is 292 g/mol. The fourth-order valence-corrected chi connectivity index (χ4v) is 2.75. The van der Waals surface area contributed by atoms with Gasteiger partial charge in [-0.05, 0) is 25.0 Å². The summed E-state index contributed by atoms with van der Waals surface area (Å²) in [5.41, 5.74) is 0.437. The van der Waals surface area contributed by atoms with Crippen molar-refractivity contribution in [3.05, 3.63) is 30.1 Å². The number of carboxylic acid groups (broad SMARTS) is 1. The first-order valence-electron chi connectivity index (χ1n) is 7.08. The molecule has 1 aliphatic carbocycles. The zero-order valence-electron chi connectivity index (χ0n) is 11.7. The molecule has 7 heteroatoms. The van der Waals surface area contributed by atoms with Crippen LogP contribution >= 0.6 is 0 Å². The van der Waals surface area contributed by atoms with Crippen molar-refractivity contribution in [3.8, 4) is 0 Å². The van der Waals surface area contributed by atoms with E-state index in [-0.39, 0.29) is 24.4 Å². The molecule has 0 saturated heterocycles. The van der Waals surface area contributed by atoms with E-state index < -0.39 is 11.9 Å². The first kappa shape index (κ1) is 14.6. The Bertz CT molecular complexity index is 711. The number of alkyl halides is 2. The number of aromatic carboxylic acids is 1. The van der Waals surface area contributed by atoms with E-state index in [4.69, 9.17) is 0 Å². The minimum Gasteiger partial charge on any atom is -0.478 e. The summed E-state index contributed by atoms with van der Waals surface area (Å²) in [6.45, 7) is 0. The highest BCUT2D eigenvalue weighted by Crippen LogP contribution is 2.34. The van der Waals surface area contributed by atoms with Gasteiger partial charge in [-0.25, -0.2) is 23.5 Å². The van der Waals surface area contributed by atoms with Gasteiger partial charge in [0.15, 0.2) is 0 Å². The van der Waals surface area contributed by atoms with Crippen molar-refractivity contribution >= 4 is 22.7 Å². The molecule has 0 spiro atoms. The second kappa shape index (κ2) is 5.47. The molecule has 0 atom stereocenters. The van der Waals surface area contributed by atoms with Gasteiger partial charge in [-0.15, -0.1) is 0 Å². The van der Waals surface area contributed by atoms with Gasteiger partial charge in [-0.1, -0.05) is 6.07 Å². The smallest absolute Gasteiger partial charge is 0.337 e. The quantitative estimate of drug-likeness (QED) is 0.910. The normalized spacial score (nSPS) is 18.3. The van der Waals surface area contributed by atoms with Gasteiger partial charge in [0.1, 0.15) is 12.1 Å². The lowest BCUT2D eigenvalue weighted by Crippen LogP contribution is -2.32. The highest BCUT2D eigenvalue weighted by atomic mass is 19.3. The fraction of sp³-hybridized carbons (Fsp3) is 0.400. The number of nitrogens with one attached hydrogen (secondary N) is 1. The SMILES string of the molecule is O=C(O)c1cccc2c(NC3CCC(F)(F)CC3)ncnc12. The number of para-hydroxylation sites is 1. The van der Waals surface area contributed by atoms with Crippen molar-refractivity contribution < 1.29 is 18.7 Å². The molecule has 0 unspecified atom stereocenters. The second-order valence-electron chi connectivity index (χ2n) is 5.50. The van der Waals surface area contributed by atoms with Crippen LogP contribution in [0.5, 0.6) is 0 Å². The number of fused-ring (bicyclic) bond motifs is 1. The largest absolute Gasteiger partial charge is 0.478 e. The third-order valence-corrected chi connectivity index (χ3v) is 3.95. The van der Waals surface area contributed by atoms with Gasteiger partial charge < -0.3 is 10.4 Å². The minimum absolute atomic E-state index is 0.0915. The number of nitrogens with zero attached hydrogens (tertiary/aromatic N) is 2. The van der Waals surface area contributed by atoms with Crippen LogP contribution in [0.2, 0.25) is 0 Å². The lowest BCUT2D eigenvalue weighted by Gasteiger charge is -2.29. The Kier molecular flexibility index (Phi) is 3.64. The van der Waals surface area contributed by atoms with Crippen molar-refractivity contribution in [3.63, 3.8) is 0 Å². The van der Waals surface area contributed by atoms with E-state index in [9.17, 15) is 18.7 Å². The fourth-order valence-electron chi connectivity index (χ4n) is 2.75. The number of hydrogen-bond acceptors (Lipinski definition) is 4. The van der Waals surface area contributed by atoms with Gasteiger partial charge in [0.05, 0.1) is 11.1 Å². The van der Waals surface area contributed by atoms with Crippen LogP contribution in [-0.4, -0.2) is 33.0 Å². The van der Waals surface area contributed by atoms with Crippen LogP contribution in [-0.2, 0) is 0 Å². The summed E-state index contributed by atoms with van der Waals surface area (Å²) in [4.78, 5) is 19.4. The Morgan fingerprint density at radius 2 is 2.00 bits per heavy atom. The Morgan fingerprint density at radius 1 is 1.27 bits per heavy atom. The van der Waals surface area contributed by atoms with Gasteiger partial charge in [0.2, 0.25) is 5.92 Å². The van der Waals surface area contributed by atoms with Crippen LogP contribution in [0.1, 0.15) is 36.0 Å². The molecule has 1 aromatic carbocycles. The maximum Gasteiger partial charge on any atom is 0.337 e. The molecule has 0 aliphatic heterocycles. The van der Waals surface area contributed by atoms with Crippen LogP contribution in [0.4, 0.5) is 14.6 Å². The van der Waals surface area contributed by atoms with Crippen molar-refractivity contribution in [2.24, 2.45) is 0 Å². The molecule has 116 valence electrons. The zero-order chi connectivity index (χ0) is 15.7. The molecule has 0 bridgehead atoms. The molecule has 1 aliphatic rings. The molecule has 2 aromatic rings. The maximum atomic E-state index is 13.2. The minimum atomic E-state index is -2.58. The van der Waals surface area contributed by atoms with Gasteiger partial charge in [0.25, 0.3) is 0 Å². The molecule has 1 saturated carbocycles. The monoisotopic (exact) mass is 307 g/mol. The molecule has 1 aromatic heterocycles. The molecule has 5 nitrogen and oxygen atoms in total. The Labute approximate surface area is 125 Å². The summed E-state index contributed by atoms with van der Waals surface area (Å²) in [5.74, 6) is -3.15. The van der Waals surface area contributed by atoms with E-state index in [0.29, 0.717) is 29.6 Å². The number of carbonyl (C=O) groups is 1. The molecular formula is C15H15F2N3O2. The van der Waals surface area contributed by atoms with Crippen LogP contribution < -0.4 is 5.32 Å². The average Bonchev–Trinajstić information content (AvgIpc) is 2.49. The van der Waals surface area contributed by atoms with E-state index in [2.05, 4.69) is 15.3 Å². The topological polar surface area (TPSA) is 75.1 Å². The highest BCUT2D eigenvalue weighted by Gasteiger charge is 2.35. The standard InChI is InChI=1S/C15H15F2N3O2/c16-15(17)6-4-9(5-7-15)20-13-10-2-1-3-11(14(21)22)12(10)18-8-19-13/h1-3,8-9H,4-7H2,(H,21,22)(H,18,19,20). The molecule has 1 heterocycles. The average molecular weight is 307 g/mol. The van der Waals surface area contributed by atoms with Crippen molar-refractivity contribution in [2.75, 3.05) is 5.32 Å².